The largest absolute Gasteiger partial charge is 0.396 e. The van der Waals surface area contributed by atoms with Crippen molar-refractivity contribution in [3.05, 3.63) is 29.3 Å². The molecule has 1 aromatic carbocycles. The van der Waals surface area contributed by atoms with Crippen molar-refractivity contribution < 1.29 is 9.90 Å². The summed E-state index contributed by atoms with van der Waals surface area (Å²) in [5.41, 5.74) is 2.47. The predicted octanol–water partition coefficient (Wildman–Crippen LogP) is 3.16. The highest BCUT2D eigenvalue weighted by Crippen LogP contribution is 2.26. The zero-order chi connectivity index (χ0) is 15.2. The molecule has 1 heterocycles. The zero-order valence-electron chi connectivity index (χ0n) is 13.0. The zero-order valence-corrected chi connectivity index (χ0v) is 13.8. The average molecular weight is 307 g/mol. The average Bonchev–Trinajstić information content (AvgIpc) is 2.94. The number of rotatable bonds is 6. The molecule has 1 aliphatic heterocycles. The molecule has 116 valence electrons. The summed E-state index contributed by atoms with van der Waals surface area (Å²) in [5.74, 6) is 0.751. The number of benzene rings is 1. The second-order valence-corrected chi connectivity index (χ2v) is 6.82. The first-order valence-electron chi connectivity index (χ1n) is 7.72. The number of amides is 1. The van der Waals surface area contributed by atoms with E-state index in [9.17, 15) is 4.79 Å². The molecule has 21 heavy (non-hydrogen) atoms. The number of thioether (sulfide) groups is 1. The van der Waals surface area contributed by atoms with E-state index in [4.69, 9.17) is 5.11 Å². The van der Waals surface area contributed by atoms with Crippen LogP contribution in [-0.2, 0) is 4.79 Å². The standard InChI is InChI=1S/C17H25NO2S/c1-13-7-8-14(2)16(11-13)21-12-17(20)18-9-3-5-15(18)6-4-10-19/h7-8,11,15,19H,3-6,9-10,12H2,1-2H3. The first-order chi connectivity index (χ1) is 10.1. The highest BCUT2D eigenvalue weighted by molar-refractivity contribution is 8.00. The predicted molar refractivity (Wildman–Crippen MR) is 87.7 cm³/mol. The van der Waals surface area contributed by atoms with Gasteiger partial charge in [0.2, 0.25) is 5.91 Å². The minimum atomic E-state index is 0.218. The summed E-state index contributed by atoms with van der Waals surface area (Å²) in [7, 11) is 0. The molecule has 3 nitrogen and oxygen atoms in total. The molecule has 1 atom stereocenters. The summed E-state index contributed by atoms with van der Waals surface area (Å²) < 4.78 is 0. The third-order valence-electron chi connectivity index (χ3n) is 4.09. The lowest BCUT2D eigenvalue weighted by molar-refractivity contribution is -0.129. The van der Waals surface area contributed by atoms with Crippen molar-refractivity contribution in [1.29, 1.82) is 0 Å². The molecule has 1 N–H and O–H groups in total. The number of carbonyl (C=O) groups excluding carboxylic acids is 1. The fourth-order valence-electron chi connectivity index (χ4n) is 2.88. The third kappa shape index (κ3) is 4.48. The van der Waals surface area contributed by atoms with Gasteiger partial charge in [-0.25, -0.2) is 0 Å². The molecule has 1 aromatic rings. The van der Waals surface area contributed by atoms with Crippen LogP contribution in [0.2, 0.25) is 0 Å². The van der Waals surface area contributed by atoms with Crippen LogP contribution in [0.3, 0.4) is 0 Å². The van der Waals surface area contributed by atoms with Crippen molar-refractivity contribution in [2.75, 3.05) is 18.9 Å². The van der Waals surface area contributed by atoms with Gasteiger partial charge in [-0.3, -0.25) is 4.79 Å². The van der Waals surface area contributed by atoms with Crippen molar-refractivity contribution in [2.45, 2.75) is 50.5 Å². The number of hydrogen-bond donors (Lipinski definition) is 1. The Morgan fingerprint density at radius 3 is 3.00 bits per heavy atom. The van der Waals surface area contributed by atoms with Crippen LogP contribution in [0.25, 0.3) is 0 Å². The Labute approximate surface area is 131 Å². The number of aryl methyl sites for hydroxylation is 2. The molecule has 1 amide bonds. The SMILES string of the molecule is Cc1ccc(C)c(SCC(=O)N2CCCC2CCCO)c1. The molecular formula is C17H25NO2S. The molecule has 1 unspecified atom stereocenters. The fraction of sp³-hybridized carbons (Fsp3) is 0.588. The summed E-state index contributed by atoms with van der Waals surface area (Å²) in [5, 5.41) is 8.95. The molecule has 0 bridgehead atoms. The van der Waals surface area contributed by atoms with Gasteiger partial charge < -0.3 is 10.0 Å². The Hall–Kier alpha value is -1.00. The van der Waals surface area contributed by atoms with E-state index in [-0.39, 0.29) is 12.5 Å². The van der Waals surface area contributed by atoms with E-state index in [1.54, 1.807) is 11.8 Å². The normalized spacial score (nSPS) is 18.2. The van der Waals surface area contributed by atoms with Crippen LogP contribution in [0.15, 0.2) is 23.1 Å². The highest BCUT2D eigenvalue weighted by atomic mass is 32.2. The van der Waals surface area contributed by atoms with E-state index >= 15 is 0 Å². The van der Waals surface area contributed by atoms with Gasteiger partial charge in [-0.05, 0) is 51.2 Å². The van der Waals surface area contributed by atoms with Crippen LogP contribution in [-0.4, -0.2) is 40.9 Å². The highest BCUT2D eigenvalue weighted by Gasteiger charge is 2.27. The van der Waals surface area contributed by atoms with Crippen LogP contribution in [0.5, 0.6) is 0 Å². The Balaban J connectivity index is 1.90. The van der Waals surface area contributed by atoms with E-state index in [0.29, 0.717) is 11.8 Å². The lowest BCUT2D eigenvalue weighted by Gasteiger charge is -2.24. The minimum Gasteiger partial charge on any atom is -0.396 e. The summed E-state index contributed by atoms with van der Waals surface area (Å²) in [6.45, 7) is 5.26. The molecule has 2 rings (SSSR count). The number of aliphatic hydroxyl groups is 1. The first kappa shape index (κ1) is 16.4. The molecule has 0 radical (unpaired) electrons. The Morgan fingerprint density at radius 2 is 2.24 bits per heavy atom. The molecule has 4 heteroatoms. The van der Waals surface area contributed by atoms with Gasteiger partial charge in [-0.2, -0.15) is 0 Å². The summed E-state index contributed by atoms with van der Waals surface area (Å²) in [6, 6.07) is 6.71. The van der Waals surface area contributed by atoms with Crippen LogP contribution in [0.1, 0.15) is 36.8 Å². The van der Waals surface area contributed by atoms with E-state index in [0.717, 1.165) is 32.2 Å². The summed E-state index contributed by atoms with van der Waals surface area (Å²) in [6.07, 6.45) is 3.89. The third-order valence-corrected chi connectivity index (χ3v) is 5.23. The topological polar surface area (TPSA) is 40.5 Å². The molecular weight excluding hydrogens is 282 g/mol. The van der Waals surface area contributed by atoms with E-state index in [2.05, 4.69) is 32.0 Å². The maximum absolute atomic E-state index is 12.4. The second-order valence-electron chi connectivity index (χ2n) is 5.81. The number of carbonyl (C=O) groups is 1. The van der Waals surface area contributed by atoms with Gasteiger partial charge in [0.15, 0.2) is 0 Å². The van der Waals surface area contributed by atoms with Crippen LogP contribution < -0.4 is 0 Å². The quantitative estimate of drug-likeness (QED) is 0.821. The van der Waals surface area contributed by atoms with Crippen LogP contribution in [0.4, 0.5) is 0 Å². The van der Waals surface area contributed by atoms with Gasteiger partial charge in [0.05, 0.1) is 5.75 Å². The van der Waals surface area contributed by atoms with Gasteiger partial charge in [-0.1, -0.05) is 17.7 Å². The van der Waals surface area contributed by atoms with E-state index in [1.165, 1.54) is 16.0 Å². The Morgan fingerprint density at radius 1 is 1.43 bits per heavy atom. The summed E-state index contributed by atoms with van der Waals surface area (Å²) >= 11 is 1.64. The first-order valence-corrected chi connectivity index (χ1v) is 8.70. The maximum atomic E-state index is 12.4. The van der Waals surface area contributed by atoms with Gasteiger partial charge >= 0.3 is 0 Å². The van der Waals surface area contributed by atoms with Gasteiger partial charge in [0.1, 0.15) is 0 Å². The maximum Gasteiger partial charge on any atom is 0.233 e. The summed E-state index contributed by atoms with van der Waals surface area (Å²) in [4.78, 5) is 15.7. The monoisotopic (exact) mass is 307 g/mol. The van der Waals surface area contributed by atoms with Crippen molar-refractivity contribution in [3.8, 4) is 0 Å². The second kappa shape index (κ2) is 7.85. The number of aliphatic hydroxyl groups excluding tert-OH is 1. The molecule has 0 spiro atoms. The smallest absolute Gasteiger partial charge is 0.233 e. The van der Waals surface area contributed by atoms with Crippen molar-refractivity contribution in [2.24, 2.45) is 0 Å². The van der Waals surface area contributed by atoms with Gasteiger partial charge in [0, 0.05) is 24.1 Å². The van der Waals surface area contributed by atoms with Crippen LogP contribution >= 0.6 is 11.8 Å². The van der Waals surface area contributed by atoms with Crippen molar-refractivity contribution in [3.63, 3.8) is 0 Å². The van der Waals surface area contributed by atoms with Crippen LogP contribution in [0, 0.1) is 13.8 Å². The lowest BCUT2D eigenvalue weighted by atomic mass is 10.1. The Bertz CT molecular complexity index is 490. The molecule has 1 aliphatic rings. The molecule has 1 fully saturated rings. The number of hydrogen-bond acceptors (Lipinski definition) is 3. The molecule has 0 aliphatic carbocycles. The minimum absolute atomic E-state index is 0.218. The van der Waals surface area contributed by atoms with Crippen molar-refractivity contribution in [1.82, 2.24) is 4.90 Å². The fourth-order valence-corrected chi connectivity index (χ4v) is 3.89. The molecule has 1 saturated heterocycles. The van der Waals surface area contributed by atoms with Crippen molar-refractivity contribution >= 4 is 17.7 Å². The van der Waals surface area contributed by atoms with E-state index < -0.39 is 0 Å². The van der Waals surface area contributed by atoms with E-state index in [1.807, 2.05) is 4.90 Å². The number of likely N-dealkylation sites (tertiary alicyclic amines) is 1. The Kier molecular flexibility index (Phi) is 6.12. The molecule has 0 saturated carbocycles. The van der Waals surface area contributed by atoms with Gasteiger partial charge in [0.25, 0.3) is 0 Å². The lowest BCUT2D eigenvalue weighted by Crippen LogP contribution is -2.36. The number of nitrogens with zero attached hydrogens (tertiary/aromatic N) is 1. The molecule has 0 aromatic heterocycles. The van der Waals surface area contributed by atoms with Gasteiger partial charge in [-0.15, -0.1) is 11.8 Å².